The summed E-state index contributed by atoms with van der Waals surface area (Å²) in [7, 11) is -4.76. The molecule has 36 heavy (non-hydrogen) atoms. The van der Waals surface area contributed by atoms with Gasteiger partial charge in [0.1, 0.15) is 17.5 Å². The van der Waals surface area contributed by atoms with E-state index in [1.807, 2.05) is 32.4 Å². The Hall–Kier alpha value is -3.31. The van der Waals surface area contributed by atoms with E-state index in [4.69, 9.17) is 0 Å². The van der Waals surface area contributed by atoms with E-state index in [1.165, 1.54) is 29.5 Å². The van der Waals surface area contributed by atoms with Crippen molar-refractivity contribution < 1.29 is 21.6 Å². The molecule has 4 aromatic rings. The van der Waals surface area contributed by atoms with E-state index in [1.54, 1.807) is 12.3 Å². The standard InChI is InChI=1S/C25H23F3N4O2S2/c1-5-19-29-13-12-18(30-19)22-21(31-24(35-22)25(2,3)4)14-8-6-11-17(20(14)28)32-36(33,34)23-15(26)9-7-10-16(23)27/h6-13,32H,5H2,1-4H3. The normalized spacial score (nSPS) is 12.1. The number of aryl methyl sites for hydroxylation is 1. The minimum absolute atomic E-state index is 0.0163. The van der Waals surface area contributed by atoms with Crippen LogP contribution in [0.2, 0.25) is 0 Å². The zero-order valence-corrected chi connectivity index (χ0v) is 21.6. The lowest BCUT2D eigenvalue weighted by Crippen LogP contribution is -2.17. The fourth-order valence-electron chi connectivity index (χ4n) is 3.42. The number of nitrogens with zero attached hydrogens (tertiary/aromatic N) is 3. The molecule has 0 amide bonds. The van der Waals surface area contributed by atoms with Crippen LogP contribution in [0.3, 0.4) is 0 Å². The van der Waals surface area contributed by atoms with Crippen molar-refractivity contribution in [2.75, 3.05) is 4.72 Å². The van der Waals surface area contributed by atoms with Crippen molar-refractivity contribution in [3.05, 3.63) is 76.9 Å². The number of aromatic nitrogens is 3. The van der Waals surface area contributed by atoms with Gasteiger partial charge in [-0.3, -0.25) is 4.72 Å². The molecule has 0 fully saturated rings. The minimum Gasteiger partial charge on any atom is -0.276 e. The molecule has 0 atom stereocenters. The maximum atomic E-state index is 15.8. The number of nitrogens with one attached hydrogen (secondary N) is 1. The number of thiazole rings is 1. The van der Waals surface area contributed by atoms with E-state index in [0.717, 1.165) is 23.2 Å². The molecule has 2 heterocycles. The first-order chi connectivity index (χ1) is 16.9. The van der Waals surface area contributed by atoms with E-state index < -0.39 is 38.1 Å². The quantitative estimate of drug-likeness (QED) is 0.313. The third-order valence-corrected chi connectivity index (χ3v) is 8.13. The van der Waals surface area contributed by atoms with E-state index in [0.29, 0.717) is 22.8 Å². The maximum Gasteiger partial charge on any atom is 0.267 e. The molecule has 188 valence electrons. The molecule has 2 aromatic heterocycles. The van der Waals surface area contributed by atoms with Gasteiger partial charge < -0.3 is 0 Å². The molecule has 1 N–H and O–H groups in total. The van der Waals surface area contributed by atoms with Gasteiger partial charge >= 0.3 is 0 Å². The fraction of sp³-hybridized carbons (Fsp3) is 0.240. The van der Waals surface area contributed by atoms with Crippen LogP contribution in [0, 0.1) is 17.5 Å². The molecular formula is C25H23F3N4O2S2. The highest BCUT2D eigenvalue weighted by Crippen LogP contribution is 2.42. The highest BCUT2D eigenvalue weighted by molar-refractivity contribution is 7.92. The number of halogens is 3. The van der Waals surface area contributed by atoms with Crippen molar-refractivity contribution in [2.24, 2.45) is 0 Å². The number of sulfonamides is 1. The van der Waals surface area contributed by atoms with Crippen LogP contribution in [0.1, 0.15) is 38.5 Å². The molecule has 0 bridgehead atoms. The zero-order valence-electron chi connectivity index (χ0n) is 19.9. The van der Waals surface area contributed by atoms with Gasteiger partial charge in [-0.05, 0) is 30.3 Å². The lowest BCUT2D eigenvalue weighted by Gasteiger charge is -2.14. The third-order valence-electron chi connectivity index (χ3n) is 5.21. The first-order valence-electron chi connectivity index (χ1n) is 11.0. The second kappa shape index (κ2) is 9.62. The average molecular weight is 533 g/mol. The number of hydrogen-bond donors (Lipinski definition) is 1. The summed E-state index contributed by atoms with van der Waals surface area (Å²) in [5, 5.41) is 0.725. The van der Waals surface area contributed by atoms with Gasteiger partial charge in [-0.25, -0.2) is 36.5 Å². The number of anilines is 1. The van der Waals surface area contributed by atoms with Gasteiger partial charge in [0.05, 0.1) is 27.0 Å². The summed E-state index contributed by atoms with van der Waals surface area (Å²) in [5.41, 5.74) is 0.0342. The second-order valence-electron chi connectivity index (χ2n) is 8.98. The monoisotopic (exact) mass is 532 g/mol. The molecule has 0 aliphatic heterocycles. The molecule has 4 rings (SSSR count). The van der Waals surface area contributed by atoms with Gasteiger partial charge in [0.2, 0.25) is 0 Å². The van der Waals surface area contributed by atoms with Crippen LogP contribution in [-0.4, -0.2) is 23.4 Å². The summed E-state index contributed by atoms with van der Waals surface area (Å²) in [6.45, 7) is 7.84. The summed E-state index contributed by atoms with van der Waals surface area (Å²) >= 11 is 1.36. The van der Waals surface area contributed by atoms with Crippen molar-refractivity contribution in [3.8, 4) is 21.8 Å². The lowest BCUT2D eigenvalue weighted by molar-refractivity contribution is 0.521. The maximum absolute atomic E-state index is 15.8. The highest BCUT2D eigenvalue weighted by atomic mass is 32.2. The van der Waals surface area contributed by atoms with Crippen LogP contribution >= 0.6 is 11.3 Å². The first kappa shape index (κ1) is 25.8. The molecule has 0 aliphatic carbocycles. The summed E-state index contributed by atoms with van der Waals surface area (Å²) in [6.07, 6.45) is 2.22. The smallest absolute Gasteiger partial charge is 0.267 e. The van der Waals surface area contributed by atoms with Crippen LogP contribution in [0.4, 0.5) is 18.9 Å². The fourth-order valence-corrected chi connectivity index (χ4v) is 5.73. The largest absolute Gasteiger partial charge is 0.276 e. The van der Waals surface area contributed by atoms with Crippen LogP contribution in [0.5, 0.6) is 0 Å². The molecule has 0 unspecified atom stereocenters. The van der Waals surface area contributed by atoms with Gasteiger partial charge in [0.15, 0.2) is 10.7 Å². The van der Waals surface area contributed by atoms with Gasteiger partial charge in [0.25, 0.3) is 10.0 Å². The third kappa shape index (κ3) is 4.98. The van der Waals surface area contributed by atoms with Crippen molar-refractivity contribution in [1.29, 1.82) is 0 Å². The van der Waals surface area contributed by atoms with Gasteiger partial charge in [-0.15, -0.1) is 11.3 Å². The highest BCUT2D eigenvalue weighted by Gasteiger charge is 2.28. The number of benzene rings is 2. The Kier molecular flexibility index (Phi) is 6.89. The Bertz CT molecular complexity index is 1530. The zero-order chi connectivity index (χ0) is 26.3. The van der Waals surface area contributed by atoms with Crippen molar-refractivity contribution in [2.45, 2.75) is 44.4 Å². The SMILES string of the molecule is CCc1nccc(-c2sc(C(C)(C)C)nc2-c2cccc(NS(=O)(=O)c3c(F)cccc3F)c2F)n1. The second-order valence-corrected chi connectivity index (χ2v) is 11.6. The Morgan fingerprint density at radius 3 is 2.28 bits per heavy atom. The van der Waals surface area contributed by atoms with Crippen LogP contribution in [0.15, 0.2) is 53.6 Å². The van der Waals surface area contributed by atoms with Crippen LogP contribution < -0.4 is 4.72 Å². The Labute approximate surface area is 211 Å². The first-order valence-corrected chi connectivity index (χ1v) is 13.3. The lowest BCUT2D eigenvalue weighted by atomic mass is 9.98. The molecule has 0 radical (unpaired) electrons. The average Bonchev–Trinajstić information content (AvgIpc) is 3.26. The molecular weight excluding hydrogens is 509 g/mol. The molecule has 0 spiro atoms. The summed E-state index contributed by atoms with van der Waals surface area (Å²) in [4.78, 5) is 12.9. The topological polar surface area (TPSA) is 84.8 Å². The van der Waals surface area contributed by atoms with E-state index >= 15 is 4.39 Å². The van der Waals surface area contributed by atoms with Crippen molar-refractivity contribution >= 4 is 27.0 Å². The molecule has 0 saturated carbocycles. The van der Waals surface area contributed by atoms with Gasteiger partial charge in [-0.1, -0.05) is 39.8 Å². The molecule has 11 heteroatoms. The number of hydrogen-bond acceptors (Lipinski definition) is 6. The predicted octanol–water partition coefficient (Wildman–Crippen LogP) is 6.35. The minimum atomic E-state index is -4.76. The summed E-state index contributed by atoms with van der Waals surface area (Å²) in [6, 6.07) is 8.44. The van der Waals surface area contributed by atoms with Crippen molar-refractivity contribution in [3.63, 3.8) is 0 Å². The van der Waals surface area contributed by atoms with Gasteiger partial charge in [0, 0.05) is 23.6 Å². The Morgan fingerprint density at radius 1 is 0.972 bits per heavy atom. The molecule has 0 saturated heterocycles. The van der Waals surface area contributed by atoms with Crippen LogP contribution in [0.25, 0.3) is 21.8 Å². The van der Waals surface area contributed by atoms with E-state index in [2.05, 4.69) is 15.0 Å². The van der Waals surface area contributed by atoms with Crippen LogP contribution in [-0.2, 0) is 21.9 Å². The molecule has 2 aromatic carbocycles. The molecule has 6 nitrogen and oxygen atoms in total. The van der Waals surface area contributed by atoms with Gasteiger partial charge in [-0.2, -0.15) is 0 Å². The van der Waals surface area contributed by atoms with E-state index in [9.17, 15) is 17.2 Å². The summed E-state index contributed by atoms with van der Waals surface area (Å²) < 4.78 is 71.5. The Morgan fingerprint density at radius 2 is 1.64 bits per heavy atom. The van der Waals surface area contributed by atoms with E-state index in [-0.39, 0.29) is 16.7 Å². The Balaban J connectivity index is 1.85. The predicted molar refractivity (Wildman–Crippen MR) is 134 cm³/mol. The summed E-state index contributed by atoms with van der Waals surface area (Å²) in [5.74, 6) is -2.90. The number of rotatable bonds is 6. The molecule has 0 aliphatic rings. The van der Waals surface area contributed by atoms with Crippen molar-refractivity contribution in [1.82, 2.24) is 15.0 Å².